The van der Waals surface area contributed by atoms with Crippen LogP contribution in [0.4, 0.5) is 5.69 Å². The fraction of sp³-hybridized carbons (Fsp3) is 0.543. The molecule has 2 rings (SSSR count). The summed E-state index contributed by atoms with van der Waals surface area (Å²) >= 11 is 0. The van der Waals surface area contributed by atoms with Gasteiger partial charge in [0.1, 0.15) is 11.6 Å². The Morgan fingerprint density at radius 1 is 0.725 bits per heavy atom. The number of benzene rings is 1. The normalized spacial score (nSPS) is 12.6. The summed E-state index contributed by atoms with van der Waals surface area (Å²) in [7, 11) is 0. The number of nitrogens with one attached hydrogen (secondary N) is 1. The molecule has 0 bridgehead atoms. The van der Waals surface area contributed by atoms with E-state index in [1.54, 1.807) is 24.3 Å². The van der Waals surface area contributed by atoms with E-state index >= 15 is 0 Å². The quantitative estimate of drug-likeness (QED) is 0.119. The maximum Gasteiger partial charge on any atom is 0.317 e. The number of imide groups is 1. The molecule has 51 heavy (non-hydrogen) atoms. The van der Waals surface area contributed by atoms with E-state index in [0.717, 1.165) is 4.90 Å². The molecular formula is C35H55N5O11. The van der Waals surface area contributed by atoms with E-state index in [1.165, 1.54) is 40.7 Å². The van der Waals surface area contributed by atoms with Crippen LogP contribution in [0, 0.1) is 0 Å². The minimum absolute atomic E-state index is 0. The Hall–Kier alpha value is -4.80. The van der Waals surface area contributed by atoms with E-state index in [-0.39, 0.29) is 77.4 Å². The Balaban J connectivity index is 0. The first-order valence-corrected chi connectivity index (χ1v) is 16.9. The highest BCUT2D eigenvalue weighted by atomic mass is 16.4. The number of nitrogens with zero attached hydrogens (tertiary/aromatic N) is 4. The number of ketones is 2. The van der Waals surface area contributed by atoms with Gasteiger partial charge in [-0.25, -0.2) is 0 Å². The molecule has 1 aromatic rings. The Kier molecular flexibility index (Phi) is 22.8. The van der Waals surface area contributed by atoms with Crippen LogP contribution in [0.1, 0.15) is 61.4 Å². The van der Waals surface area contributed by atoms with Crippen LogP contribution in [0.15, 0.2) is 36.4 Å². The summed E-state index contributed by atoms with van der Waals surface area (Å²) in [6.07, 6.45) is 2.88. The van der Waals surface area contributed by atoms with Gasteiger partial charge in [0.25, 0.3) is 11.8 Å². The number of Topliss-reactive ketones (excluding diaryl/α,β-unsaturated/α-hetero) is 2. The first kappa shape index (κ1) is 46.2. The lowest BCUT2D eigenvalue weighted by Gasteiger charge is -2.34. The maximum absolute atomic E-state index is 12.4. The fourth-order valence-electron chi connectivity index (χ4n) is 5.08. The smallest absolute Gasteiger partial charge is 0.317 e. The molecule has 0 aliphatic carbocycles. The highest BCUT2D eigenvalue weighted by Gasteiger charge is 2.27. The lowest BCUT2D eigenvalue weighted by atomic mass is 10.0. The molecular weight excluding hydrogens is 666 g/mol. The van der Waals surface area contributed by atoms with Crippen molar-refractivity contribution in [2.75, 3.05) is 64.2 Å². The number of carboxylic acid groups (broad SMARTS) is 3. The molecule has 1 atom stereocenters. The third kappa shape index (κ3) is 19.8. The zero-order chi connectivity index (χ0) is 39.1. The summed E-state index contributed by atoms with van der Waals surface area (Å²) in [6, 6.07) is 6.00. The molecule has 1 aliphatic heterocycles. The summed E-state index contributed by atoms with van der Waals surface area (Å²) in [5.41, 5.74) is 1.16. The number of hydrogen-bond donors (Lipinski definition) is 4. The van der Waals surface area contributed by atoms with Crippen LogP contribution in [0.5, 0.6) is 0 Å². The van der Waals surface area contributed by atoms with Gasteiger partial charge in [-0.3, -0.25) is 58.0 Å². The predicted octanol–water partition coefficient (Wildman–Crippen LogP) is 1.88. The Labute approximate surface area is 300 Å². The van der Waals surface area contributed by atoms with Crippen LogP contribution in [0.3, 0.4) is 0 Å². The lowest BCUT2D eigenvalue weighted by Crippen LogP contribution is -2.51. The van der Waals surface area contributed by atoms with Crippen LogP contribution >= 0.6 is 0 Å². The molecule has 3 amide bonds. The fourth-order valence-corrected chi connectivity index (χ4v) is 5.08. The molecule has 0 aromatic heterocycles. The van der Waals surface area contributed by atoms with Crippen molar-refractivity contribution in [2.45, 2.75) is 66.8 Å². The lowest BCUT2D eigenvalue weighted by molar-refractivity contribution is -0.141. The molecule has 0 saturated carbocycles. The summed E-state index contributed by atoms with van der Waals surface area (Å²) in [4.78, 5) is 99.6. The predicted molar refractivity (Wildman–Crippen MR) is 191 cm³/mol. The van der Waals surface area contributed by atoms with Gasteiger partial charge in [-0.1, -0.05) is 39.8 Å². The van der Waals surface area contributed by atoms with Crippen molar-refractivity contribution in [3.05, 3.63) is 42.0 Å². The number of amides is 3. The van der Waals surface area contributed by atoms with E-state index in [4.69, 9.17) is 0 Å². The largest absolute Gasteiger partial charge is 0.480 e. The first-order chi connectivity index (χ1) is 24.1. The highest BCUT2D eigenvalue weighted by Crippen LogP contribution is 2.16. The van der Waals surface area contributed by atoms with Crippen LogP contribution in [-0.4, -0.2) is 147 Å². The molecule has 16 nitrogen and oxygen atoms in total. The van der Waals surface area contributed by atoms with Crippen molar-refractivity contribution >= 4 is 52.9 Å². The third-order valence-corrected chi connectivity index (χ3v) is 7.04. The average Bonchev–Trinajstić information content (AvgIpc) is 3.37. The molecule has 4 N–H and O–H groups in total. The van der Waals surface area contributed by atoms with E-state index in [1.807, 2.05) is 27.7 Å². The molecule has 0 fully saturated rings. The molecule has 286 valence electrons. The van der Waals surface area contributed by atoms with Gasteiger partial charge in [-0.2, -0.15) is 0 Å². The van der Waals surface area contributed by atoms with Crippen molar-refractivity contribution in [1.29, 1.82) is 0 Å². The second-order valence-electron chi connectivity index (χ2n) is 11.3. The van der Waals surface area contributed by atoms with Gasteiger partial charge >= 0.3 is 17.9 Å². The van der Waals surface area contributed by atoms with E-state index in [2.05, 4.69) is 5.32 Å². The van der Waals surface area contributed by atoms with Crippen molar-refractivity contribution < 1.29 is 55.1 Å². The summed E-state index contributed by atoms with van der Waals surface area (Å²) in [5, 5.41) is 31.1. The van der Waals surface area contributed by atoms with Gasteiger partial charge in [0.2, 0.25) is 5.91 Å². The van der Waals surface area contributed by atoms with Gasteiger partial charge in [0.05, 0.1) is 32.7 Å². The molecule has 0 spiro atoms. The van der Waals surface area contributed by atoms with E-state index in [0.29, 0.717) is 11.3 Å². The van der Waals surface area contributed by atoms with Crippen molar-refractivity contribution in [3.63, 3.8) is 0 Å². The number of hydrogen-bond acceptors (Lipinski definition) is 11. The second kappa shape index (κ2) is 25.2. The monoisotopic (exact) mass is 721 g/mol. The maximum atomic E-state index is 12.4. The Morgan fingerprint density at radius 3 is 1.71 bits per heavy atom. The van der Waals surface area contributed by atoms with Crippen molar-refractivity contribution in [3.8, 4) is 0 Å². The Morgan fingerprint density at radius 2 is 1.22 bits per heavy atom. The number of rotatable bonds is 23. The topological polar surface area (TPSA) is 222 Å². The van der Waals surface area contributed by atoms with Crippen molar-refractivity contribution in [1.82, 2.24) is 19.6 Å². The zero-order valence-corrected chi connectivity index (χ0v) is 30.4. The average molecular weight is 722 g/mol. The van der Waals surface area contributed by atoms with Crippen LogP contribution < -0.4 is 5.32 Å². The summed E-state index contributed by atoms with van der Waals surface area (Å²) in [5.74, 6) is -5.27. The zero-order valence-electron chi connectivity index (χ0n) is 30.4. The van der Waals surface area contributed by atoms with Gasteiger partial charge in [0.15, 0.2) is 0 Å². The van der Waals surface area contributed by atoms with Gasteiger partial charge in [-0.05, 0) is 44.4 Å². The van der Waals surface area contributed by atoms with Crippen LogP contribution in [0.2, 0.25) is 0 Å². The van der Waals surface area contributed by atoms with Crippen LogP contribution in [-0.2, 0) is 44.8 Å². The molecule has 1 aliphatic rings. The molecule has 0 unspecified atom stereocenters. The van der Waals surface area contributed by atoms with Crippen LogP contribution in [0.25, 0.3) is 0 Å². The van der Waals surface area contributed by atoms with Gasteiger partial charge < -0.3 is 20.6 Å². The number of aliphatic carboxylic acids is 3. The van der Waals surface area contributed by atoms with Gasteiger partial charge in [-0.15, -0.1) is 0 Å². The number of carbonyl (C=O) groups excluding carboxylic acids is 5. The van der Waals surface area contributed by atoms with E-state index in [9.17, 15) is 53.7 Å². The third-order valence-electron chi connectivity index (χ3n) is 7.04. The first-order valence-electron chi connectivity index (χ1n) is 16.9. The number of carbonyl (C=O) groups is 8. The molecule has 16 heteroatoms. The van der Waals surface area contributed by atoms with Crippen molar-refractivity contribution in [2.24, 2.45) is 0 Å². The summed E-state index contributed by atoms with van der Waals surface area (Å²) < 4.78 is 0. The molecule has 1 aromatic carbocycles. The van der Waals surface area contributed by atoms with Gasteiger partial charge in [0, 0.05) is 57.9 Å². The minimum Gasteiger partial charge on any atom is -0.480 e. The molecule has 0 radical (unpaired) electrons. The molecule has 0 saturated heterocycles. The number of anilines is 1. The Bertz CT molecular complexity index is 1320. The molecule has 1 heterocycles. The standard InChI is InChI=1S/C31H41N5O11.2C2H6.H2/c1-21(37)15-33(18-29(42)43)12-13-34(19-30(44)45)17-25(35(16-22(2)38)20-31(46)47)14-23-5-7-24(8-6-23)32-26(39)4-3-11-36-27(40)9-10-28(36)41;2*1-2;/h5-10,25H,3-4,11-20H2,1-2H3,(H,32,39)(H,42,43)(H,44,45)(H,46,47);2*1-2H3;1H/t25-;;;/m1.../s1. The SMILES string of the molecule is CC.CC.CC(=O)CN(CCN(CC(=O)O)C[C@@H](Cc1ccc(NC(=O)CCCN2C(=O)C=CC2=O)cc1)N(CC(C)=O)CC(=O)O)CC(=O)O.[HH]. The minimum atomic E-state index is -1.19. The second-order valence-corrected chi connectivity index (χ2v) is 11.3. The highest BCUT2D eigenvalue weighted by molar-refractivity contribution is 6.12. The number of carboxylic acids is 3. The van der Waals surface area contributed by atoms with E-state index < -0.39 is 55.4 Å². The summed E-state index contributed by atoms with van der Waals surface area (Å²) in [6.45, 7) is 9.07.